The van der Waals surface area contributed by atoms with Gasteiger partial charge in [-0.3, -0.25) is 15.0 Å². The van der Waals surface area contributed by atoms with Gasteiger partial charge in [-0.05, 0) is 46.0 Å². The normalized spacial score (nSPS) is 15.5. The molecule has 0 radical (unpaired) electrons. The number of rotatable bonds is 7. The molecule has 4 rings (SSSR count). The van der Waals surface area contributed by atoms with Crippen LogP contribution in [-0.2, 0) is 23.0 Å². The zero-order chi connectivity index (χ0) is 21.1. The highest BCUT2D eigenvalue weighted by atomic mass is 32.2. The first-order chi connectivity index (χ1) is 14.5. The van der Waals surface area contributed by atoms with Gasteiger partial charge in [0, 0.05) is 31.7 Å². The van der Waals surface area contributed by atoms with E-state index in [2.05, 4.69) is 21.8 Å². The van der Waals surface area contributed by atoms with Crippen molar-refractivity contribution in [2.75, 3.05) is 13.1 Å². The maximum absolute atomic E-state index is 12.9. The van der Waals surface area contributed by atoms with Gasteiger partial charge in [0.05, 0.1) is 4.92 Å². The van der Waals surface area contributed by atoms with Gasteiger partial charge in [-0.1, -0.05) is 36.4 Å². The lowest BCUT2D eigenvalue weighted by Crippen LogP contribution is -2.40. The minimum Gasteiger partial charge on any atom is -0.290 e. The second-order valence-corrected chi connectivity index (χ2v) is 9.65. The van der Waals surface area contributed by atoms with E-state index in [-0.39, 0.29) is 17.5 Å². The van der Waals surface area contributed by atoms with Gasteiger partial charge < -0.3 is 0 Å². The molecular weight excluding hydrogens is 422 g/mol. The average molecular weight is 444 g/mol. The minimum atomic E-state index is -4.04. The van der Waals surface area contributed by atoms with Crippen molar-refractivity contribution in [1.29, 1.82) is 0 Å². The summed E-state index contributed by atoms with van der Waals surface area (Å²) < 4.78 is 28.4. The molecule has 2 heterocycles. The van der Waals surface area contributed by atoms with Crippen molar-refractivity contribution in [3.63, 3.8) is 0 Å². The van der Waals surface area contributed by atoms with Crippen LogP contribution in [0.4, 0.5) is 5.69 Å². The zero-order valence-electron chi connectivity index (χ0n) is 16.1. The fraction of sp³-hybridized carbons (Fsp3) is 0.238. The van der Waals surface area contributed by atoms with E-state index in [0.717, 1.165) is 25.1 Å². The molecule has 2 aromatic carbocycles. The number of sulfonamides is 1. The van der Waals surface area contributed by atoms with Crippen molar-refractivity contribution in [2.24, 2.45) is 0 Å². The summed E-state index contributed by atoms with van der Waals surface area (Å²) in [6.07, 6.45) is 0.897. The van der Waals surface area contributed by atoms with Crippen LogP contribution in [0.3, 0.4) is 0 Å². The van der Waals surface area contributed by atoms with Crippen molar-refractivity contribution in [2.45, 2.75) is 23.9 Å². The van der Waals surface area contributed by atoms with Crippen LogP contribution in [0, 0.1) is 10.1 Å². The first kappa shape index (κ1) is 20.7. The maximum atomic E-state index is 12.9. The largest absolute Gasteiger partial charge is 0.290 e. The lowest BCUT2D eigenvalue weighted by atomic mass is 9.97. The molecule has 1 unspecified atom stereocenters. The molecule has 1 N–H and O–H groups in total. The average Bonchev–Trinajstić information content (AvgIpc) is 3.28. The summed E-state index contributed by atoms with van der Waals surface area (Å²) in [6.45, 7) is 1.67. The third kappa shape index (κ3) is 4.29. The SMILES string of the molecule is O=[N+]([O-])c1ccccc1S(=O)(=O)NCC(c1ccsc1)N1CCc2ccccc2C1. The molecule has 0 amide bonds. The molecule has 30 heavy (non-hydrogen) atoms. The smallest absolute Gasteiger partial charge is 0.289 e. The second-order valence-electron chi connectivity index (χ2n) is 7.14. The van der Waals surface area contributed by atoms with Crippen molar-refractivity contribution in [1.82, 2.24) is 9.62 Å². The summed E-state index contributed by atoms with van der Waals surface area (Å²) in [4.78, 5) is 12.5. The van der Waals surface area contributed by atoms with Crippen molar-refractivity contribution < 1.29 is 13.3 Å². The summed E-state index contributed by atoms with van der Waals surface area (Å²) in [5.74, 6) is 0. The van der Waals surface area contributed by atoms with Crippen molar-refractivity contribution in [3.05, 3.63) is 92.2 Å². The highest BCUT2D eigenvalue weighted by molar-refractivity contribution is 7.89. The fourth-order valence-corrected chi connectivity index (χ4v) is 5.72. The van der Waals surface area contributed by atoms with Gasteiger partial charge in [-0.2, -0.15) is 11.3 Å². The number of nitrogens with zero attached hydrogens (tertiary/aromatic N) is 2. The molecule has 9 heteroatoms. The Bertz CT molecular complexity index is 1150. The van der Waals surface area contributed by atoms with Crippen LogP contribution >= 0.6 is 11.3 Å². The van der Waals surface area contributed by atoms with Crippen LogP contribution in [0.1, 0.15) is 22.7 Å². The van der Waals surface area contributed by atoms with E-state index in [9.17, 15) is 18.5 Å². The van der Waals surface area contributed by atoms with Gasteiger partial charge in [-0.25, -0.2) is 13.1 Å². The Morgan fingerprint density at radius 3 is 2.57 bits per heavy atom. The topological polar surface area (TPSA) is 92.5 Å². The number of thiophene rings is 1. The highest BCUT2D eigenvalue weighted by Gasteiger charge is 2.29. The van der Waals surface area contributed by atoms with E-state index < -0.39 is 20.6 Å². The Balaban J connectivity index is 1.58. The molecule has 1 aliphatic rings. The number of hydrogen-bond donors (Lipinski definition) is 1. The molecule has 1 aromatic heterocycles. The van der Waals surface area contributed by atoms with E-state index in [0.29, 0.717) is 0 Å². The van der Waals surface area contributed by atoms with Crippen molar-refractivity contribution in [3.8, 4) is 0 Å². The molecule has 7 nitrogen and oxygen atoms in total. The summed E-state index contributed by atoms with van der Waals surface area (Å²) in [6, 6.07) is 15.5. The first-order valence-corrected chi connectivity index (χ1v) is 11.9. The third-order valence-corrected chi connectivity index (χ3v) is 7.52. The molecule has 0 saturated heterocycles. The summed E-state index contributed by atoms with van der Waals surface area (Å²) in [7, 11) is -4.04. The second kappa shape index (κ2) is 8.65. The highest BCUT2D eigenvalue weighted by Crippen LogP contribution is 2.30. The number of fused-ring (bicyclic) bond motifs is 1. The van der Waals surface area contributed by atoms with E-state index in [1.165, 1.54) is 35.4 Å². The molecule has 0 spiro atoms. The van der Waals surface area contributed by atoms with Crippen LogP contribution in [0.5, 0.6) is 0 Å². The number of para-hydroxylation sites is 1. The number of nitrogens with one attached hydrogen (secondary N) is 1. The van der Waals surface area contributed by atoms with Crippen molar-refractivity contribution >= 4 is 27.0 Å². The molecule has 0 saturated carbocycles. The Morgan fingerprint density at radius 2 is 1.83 bits per heavy atom. The van der Waals surface area contributed by atoms with Gasteiger partial charge in [0.2, 0.25) is 10.0 Å². The Hall–Kier alpha value is -2.59. The quantitative estimate of drug-likeness (QED) is 0.444. The molecule has 3 aromatic rings. The molecule has 0 fully saturated rings. The first-order valence-electron chi connectivity index (χ1n) is 9.52. The molecule has 0 aliphatic carbocycles. The Kier molecular flexibility index (Phi) is 5.96. The van der Waals surface area contributed by atoms with Gasteiger partial charge in [-0.15, -0.1) is 0 Å². The summed E-state index contributed by atoms with van der Waals surface area (Å²) >= 11 is 1.56. The molecule has 1 aliphatic heterocycles. The maximum Gasteiger partial charge on any atom is 0.289 e. The molecular formula is C21H21N3O4S2. The van der Waals surface area contributed by atoms with Crippen LogP contribution < -0.4 is 4.72 Å². The van der Waals surface area contributed by atoms with Gasteiger partial charge in [0.25, 0.3) is 5.69 Å². The number of benzene rings is 2. The molecule has 0 bridgehead atoms. The van der Waals surface area contributed by atoms with E-state index in [1.54, 1.807) is 11.3 Å². The Morgan fingerprint density at radius 1 is 1.10 bits per heavy atom. The lowest BCUT2D eigenvalue weighted by molar-refractivity contribution is -0.387. The lowest BCUT2D eigenvalue weighted by Gasteiger charge is -2.35. The van der Waals surface area contributed by atoms with E-state index in [1.807, 2.05) is 29.0 Å². The number of nitro benzene ring substituents is 1. The predicted molar refractivity (Wildman–Crippen MR) is 116 cm³/mol. The zero-order valence-corrected chi connectivity index (χ0v) is 17.7. The van der Waals surface area contributed by atoms with Gasteiger partial charge in [0.1, 0.15) is 0 Å². The van der Waals surface area contributed by atoms with E-state index >= 15 is 0 Å². The van der Waals surface area contributed by atoms with Crippen LogP contribution in [-0.4, -0.2) is 31.3 Å². The van der Waals surface area contributed by atoms with Crippen LogP contribution in [0.15, 0.2) is 70.3 Å². The molecule has 156 valence electrons. The van der Waals surface area contributed by atoms with E-state index in [4.69, 9.17) is 0 Å². The van der Waals surface area contributed by atoms with Crippen LogP contribution in [0.25, 0.3) is 0 Å². The fourth-order valence-electron chi connectivity index (χ4n) is 3.81. The predicted octanol–water partition coefficient (Wildman–Crippen LogP) is 3.73. The third-order valence-electron chi connectivity index (χ3n) is 5.35. The van der Waals surface area contributed by atoms with Gasteiger partial charge >= 0.3 is 0 Å². The number of nitro groups is 1. The molecule has 1 atom stereocenters. The Labute approximate surface area is 179 Å². The van der Waals surface area contributed by atoms with Gasteiger partial charge in [0.15, 0.2) is 4.90 Å². The van der Waals surface area contributed by atoms with Crippen LogP contribution in [0.2, 0.25) is 0 Å². The monoisotopic (exact) mass is 443 g/mol. The summed E-state index contributed by atoms with van der Waals surface area (Å²) in [5.41, 5.74) is 3.16. The number of hydrogen-bond acceptors (Lipinski definition) is 6. The summed E-state index contributed by atoms with van der Waals surface area (Å²) in [5, 5.41) is 15.3. The minimum absolute atomic E-state index is 0.132. The standard InChI is InChI=1S/C21H21N3O4S2/c25-24(26)19-7-3-4-8-21(19)30(27,28)22-13-20(18-10-12-29-15-18)23-11-9-16-5-1-2-6-17(16)14-23/h1-8,10,12,15,20,22H,9,11,13-14H2.